The zero-order chi connectivity index (χ0) is 6.83. The van der Waals surface area contributed by atoms with E-state index in [4.69, 9.17) is 0 Å². The molecule has 0 fully saturated rings. The van der Waals surface area contributed by atoms with Gasteiger partial charge in [-0.05, 0) is 13.1 Å². The van der Waals surface area contributed by atoms with Gasteiger partial charge in [0.05, 0.1) is 0 Å². The molecule has 0 atom stereocenters. The maximum absolute atomic E-state index is 4.25. The van der Waals surface area contributed by atoms with E-state index in [9.17, 15) is 0 Å². The Morgan fingerprint density at radius 2 is 1.38 bits per heavy atom. The van der Waals surface area contributed by atoms with Crippen molar-refractivity contribution in [3.63, 3.8) is 0 Å². The molecule has 0 radical (unpaired) electrons. The molecule has 0 rings (SSSR count). The molecular weight excluding hydrogens is 102 g/mol. The topological polar surface area (TPSA) is 21.3 Å². The molecule has 52 valence electrons. The fraction of sp³-hybridized carbons (Fsp3) is 1.00. The predicted molar refractivity (Wildman–Crippen MR) is 37.2 cm³/mol. The minimum Gasteiger partial charge on any atom is -0.388 e. The first kappa shape index (κ1) is 10.8. The fourth-order valence-electron chi connectivity index (χ4n) is 0.250. The highest BCUT2D eigenvalue weighted by atomic mass is 16.4. The minimum absolute atomic E-state index is 1.09. The monoisotopic (exact) mass is 119 g/mol. The van der Waals surface area contributed by atoms with E-state index in [1.807, 2.05) is 0 Å². The Balaban J connectivity index is 0. The maximum Gasteiger partial charge on any atom is 0.0351 e. The van der Waals surface area contributed by atoms with Gasteiger partial charge in [-0.3, -0.25) is 0 Å². The van der Waals surface area contributed by atoms with Gasteiger partial charge in [0.25, 0.3) is 0 Å². The molecule has 2 heteroatoms. The highest BCUT2D eigenvalue weighted by Gasteiger charge is 1.62. The highest BCUT2D eigenvalue weighted by molar-refractivity contribution is 4.27. The number of hydrogen-bond donors (Lipinski definition) is 1. The van der Waals surface area contributed by atoms with Crippen LogP contribution in [-0.4, -0.2) is 27.3 Å². The van der Waals surface area contributed by atoms with Crippen molar-refractivity contribution >= 4 is 0 Å². The average molecular weight is 119 g/mol. The summed E-state index contributed by atoms with van der Waals surface area (Å²) in [5.41, 5.74) is 0. The second-order valence-corrected chi connectivity index (χ2v) is 1.37. The molecule has 0 aromatic rings. The van der Waals surface area contributed by atoms with Gasteiger partial charge >= 0.3 is 0 Å². The standard InChI is InChI=1S/C4H11N.C2H6O/c1-3-5-4-2;1-3-2/h5H,3-4H2,1-2H3;1-2H3. The predicted octanol–water partition coefficient (Wildman–Crippen LogP) is 0.878. The number of ether oxygens (including phenoxy) is 1. The number of rotatable bonds is 2. The van der Waals surface area contributed by atoms with Crippen molar-refractivity contribution in [2.45, 2.75) is 13.8 Å². The molecule has 8 heavy (non-hydrogen) atoms. The lowest BCUT2D eigenvalue weighted by atomic mass is 10.7. The molecule has 0 amide bonds. The van der Waals surface area contributed by atoms with Gasteiger partial charge in [-0.15, -0.1) is 0 Å². The van der Waals surface area contributed by atoms with Crippen molar-refractivity contribution in [2.24, 2.45) is 0 Å². The van der Waals surface area contributed by atoms with E-state index >= 15 is 0 Å². The number of hydrogen-bond acceptors (Lipinski definition) is 2. The second kappa shape index (κ2) is 15.8. The smallest absolute Gasteiger partial charge is 0.0351 e. The summed E-state index contributed by atoms with van der Waals surface area (Å²) in [5.74, 6) is 0. The van der Waals surface area contributed by atoms with E-state index in [1.54, 1.807) is 14.2 Å². The summed E-state index contributed by atoms with van der Waals surface area (Å²) in [6.07, 6.45) is 0. The van der Waals surface area contributed by atoms with Gasteiger partial charge in [-0.25, -0.2) is 0 Å². The summed E-state index contributed by atoms with van der Waals surface area (Å²) in [4.78, 5) is 0. The highest BCUT2D eigenvalue weighted by Crippen LogP contribution is 1.47. The third-order valence-corrected chi connectivity index (χ3v) is 0.500. The first-order valence-electron chi connectivity index (χ1n) is 2.94. The third kappa shape index (κ3) is 38.9. The van der Waals surface area contributed by atoms with E-state index in [1.165, 1.54) is 0 Å². The zero-order valence-electron chi connectivity index (χ0n) is 6.32. The summed E-state index contributed by atoms with van der Waals surface area (Å²) in [6.45, 7) is 6.39. The zero-order valence-corrected chi connectivity index (χ0v) is 6.32. The molecule has 0 aliphatic rings. The van der Waals surface area contributed by atoms with Gasteiger partial charge in [-0.1, -0.05) is 13.8 Å². The number of nitrogens with one attached hydrogen (secondary N) is 1. The Kier molecular flexibility index (Phi) is 21.3. The molecule has 0 bridgehead atoms. The molecule has 0 saturated carbocycles. The first-order valence-corrected chi connectivity index (χ1v) is 2.94. The fourth-order valence-corrected chi connectivity index (χ4v) is 0.250. The molecule has 0 spiro atoms. The van der Waals surface area contributed by atoms with Crippen LogP contribution in [0.5, 0.6) is 0 Å². The van der Waals surface area contributed by atoms with Gasteiger partial charge in [0.1, 0.15) is 0 Å². The van der Waals surface area contributed by atoms with Crippen LogP contribution in [0.1, 0.15) is 13.8 Å². The SMILES string of the molecule is CCNCC.COC. The largest absolute Gasteiger partial charge is 0.388 e. The molecule has 0 saturated heterocycles. The van der Waals surface area contributed by atoms with Crippen LogP contribution in [0, 0.1) is 0 Å². The van der Waals surface area contributed by atoms with Crippen molar-refractivity contribution in [3.05, 3.63) is 0 Å². The normalized spacial score (nSPS) is 7.50. The Bertz CT molecular complexity index is 22.5. The van der Waals surface area contributed by atoms with Crippen molar-refractivity contribution in [1.29, 1.82) is 0 Å². The Morgan fingerprint density at radius 3 is 1.38 bits per heavy atom. The van der Waals surface area contributed by atoms with Crippen LogP contribution in [0.4, 0.5) is 0 Å². The Hall–Kier alpha value is -0.0800. The quantitative estimate of drug-likeness (QED) is 0.582. The van der Waals surface area contributed by atoms with Crippen molar-refractivity contribution in [1.82, 2.24) is 5.32 Å². The van der Waals surface area contributed by atoms with Gasteiger partial charge in [0.2, 0.25) is 0 Å². The Morgan fingerprint density at radius 1 is 1.12 bits per heavy atom. The van der Waals surface area contributed by atoms with E-state index < -0.39 is 0 Å². The van der Waals surface area contributed by atoms with Crippen LogP contribution in [0.25, 0.3) is 0 Å². The van der Waals surface area contributed by atoms with E-state index in [2.05, 4.69) is 23.9 Å². The van der Waals surface area contributed by atoms with Crippen molar-refractivity contribution in [2.75, 3.05) is 27.3 Å². The first-order chi connectivity index (χ1) is 3.83. The van der Waals surface area contributed by atoms with Crippen LogP contribution in [0.3, 0.4) is 0 Å². The molecule has 0 aromatic heterocycles. The average Bonchev–Trinajstić information content (AvgIpc) is 1.71. The van der Waals surface area contributed by atoms with E-state index in [-0.39, 0.29) is 0 Å². The number of methoxy groups -OCH3 is 1. The molecule has 0 aliphatic carbocycles. The van der Waals surface area contributed by atoms with Gasteiger partial charge in [0.15, 0.2) is 0 Å². The van der Waals surface area contributed by atoms with Crippen molar-refractivity contribution < 1.29 is 4.74 Å². The molecule has 0 heterocycles. The van der Waals surface area contributed by atoms with Gasteiger partial charge in [0, 0.05) is 14.2 Å². The molecule has 2 nitrogen and oxygen atoms in total. The van der Waals surface area contributed by atoms with Crippen molar-refractivity contribution in [3.8, 4) is 0 Å². The second-order valence-electron chi connectivity index (χ2n) is 1.37. The lowest BCUT2D eigenvalue weighted by Crippen LogP contribution is -2.09. The maximum atomic E-state index is 4.25. The summed E-state index contributed by atoms with van der Waals surface area (Å²) in [6, 6.07) is 0. The summed E-state index contributed by atoms with van der Waals surface area (Å²) >= 11 is 0. The van der Waals surface area contributed by atoms with E-state index in [0.717, 1.165) is 13.1 Å². The third-order valence-electron chi connectivity index (χ3n) is 0.500. The van der Waals surface area contributed by atoms with Crippen LogP contribution in [-0.2, 0) is 4.74 Å². The summed E-state index contributed by atoms with van der Waals surface area (Å²) < 4.78 is 4.25. The van der Waals surface area contributed by atoms with Gasteiger partial charge in [-0.2, -0.15) is 0 Å². The Labute approximate surface area is 52.2 Å². The van der Waals surface area contributed by atoms with Crippen LogP contribution >= 0.6 is 0 Å². The lowest BCUT2D eigenvalue weighted by molar-refractivity contribution is 0.277. The van der Waals surface area contributed by atoms with Crippen LogP contribution < -0.4 is 5.32 Å². The molecule has 0 aliphatic heterocycles. The molecule has 0 unspecified atom stereocenters. The molecule has 0 aromatic carbocycles. The van der Waals surface area contributed by atoms with E-state index in [0.29, 0.717) is 0 Å². The summed E-state index contributed by atoms with van der Waals surface area (Å²) in [7, 11) is 3.25. The lowest BCUT2D eigenvalue weighted by Gasteiger charge is -1.86. The van der Waals surface area contributed by atoms with Crippen LogP contribution in [0.15, 0.2) is 0 Å². The van der Waals surface area contributed by atoms with Gasteiger partial charge < -0.3 is 10.1 Å². The van der Waals surface area contributed by atoms with Crippen LogP contribution in [0.2, 0.25) is 0 Å². The summed E-state index contributed by atoms with van der Waals surface area (Å²) in [5, 5.41) is 3.11. The molecular formula is C6H17NO. The molecule has 1 N–H and O–H groups in total. The minimum atomic E-state index is 1.09.